The predicted octanol–water partition coefficient (Wildman–Crippen LogP) is 4.43. The number of aryl methyl sites for hydroxylation is 4. The molecular weight excluding hydrogens is 182 g/mol. The van der Waals surface area contributed by atoms with Crippen LogP contribution in [0.5, 0.6) is 0 Å². The van der Waals surface area contributed by atoms with E-state index in [1.165, 1.54) is 33.3 Å². The molecule has 0 saturated heterocycles. The van der Waals surface area contributed by atoms with Gasteiger partial charge >= 0.3 is 0 Å². The molecule has 15 heavy (non-hydrogen) atoms. The Balaban J connectivity index is 0.000000531. The van der Waals surface area contributed by atoms with Gasteiger partial charge in [-0.15, -0.1) is 0 Å². The smallest absolute Gasteiger partial charge is 0.0491 e. The van der Waals surface area contributed by atoms with E-state index in [4.69, 9.17) is 0 Å². The number of aromatic nitrogens is 1. The summed E-state index contributed by atoms with van der Waals surface area (Å²) in [5.41, 5.74) is 6.66. The van der Waals surface area contributed by atoms with Crippen LogP contribution in [0.15, 0.2) is 12.1 Å². The van der Waals surface area contributed by atoms with E-state index in [9.17, 15) is 0 Å². The van der Waals surface area contributed by atoms with Crippen molar-refractivity contribution in [2.24, 2.45) is 0 Å². The summed E-state index contributed by atoms with van der Waals surface area (Å²) < 4.78 is 0. The molecule has 0 unspecified atom stereocenters. The molecule has 0 atom stereocenters. The molecule has 0 amide bonds. The summed E-state index contributed by atoms with van der Waals surface area (Å²) in [5.74, 6) is 0. The Morgan fingerprint density at radius 2 is 1.40 bits per heavy atom. The lowest BCUT2D eigenvalue weighted by atomic mass is 10.0. The van der Waals surface area contributed by atoms with Crippen LogP contribution in [0.4, 0.5) is 0 Å². The molecule has 0 saturated carbocycles. The van der Waals surface area contributed by atoms with E-state index in [1.807, 2.05) is 13.8 Å². The zero-order valence-corrected chi connectivity index (χ0v) is 10.7. The van der Waals surface area contributed by atoms with E-state index < -0.39 is 0 Å². The van der Waals surface area contributed by atoms with E-state index in [-0.39, 0.29) is 0 Å². The van der Waals surface area contributed by atoms with E-state index in [0.717, 1.165) is 0 Å². The van der Waals surface area contributed by atoms with Crippen LogP contribution in [0, 0.1) is 27.7 Å². The first-order valence-corrected chi connectivity index (χ1v) is 5.66. The Kier molecular flexibility index (Phi) is 3.57. The Labute approximate surface area is 92.5 Å². The second-order valence-electron chi connectivity index (χ2n) is 3.82. The number of aromatic amines is 1. The lowest BCUT2D eigenvalue weighted by molar-refractivity contribution is 1.25. The fraction of sp³-hybridized carbons (Fsp3) is 0.429. The van der Waals surface area contributed by atoms with Gasteiger partial charge in [0.2, 0.25) is 0 Å². The molecule has 1 aromatic heterocycles. The third kappa shape index (κ3) is 1.92. The average molecular weight is 203 g/mol. The Morgan fingerprint density at radius 3 is 1.93 bits per heavy atom. The van der Waals surface area contributed by atoms with Gasteiger partial charge in [0.05, 0.1) is 0 Å². The van der Waals surface area contributed by atoms with Gasteiger partial charge in [0.1, 0.15) is 0 Å². The van der Waals surface area contributed by atoms with Crippen molar-refractivity contribution in [2.75, 3.05) is 0 Å². The van der Waals surface area contributed by atoms with Gasteiger partial charge in [0.15, 0.2) is 0 Å². The normalized spacial score (nSPS) is 10.0. The van der Waals surface area contributed by atoms with Crippen molar-refractivity contribution in [3.05, 3.63) is 34.5 Å². The molecule has 0 bridgehead atoms. The fourth-order valence-electron chi connectivity index (χ4n) is 1.92. The summed E-state index contributed by atoms with van der Waals surface area (Å²) in [4.78, 5) is 3.44. The summed E-state index contributed by atoms with van der Waals surface area (Å²) >= 11 is 0. The topological polar surface area (TPSA) is 15.8 Å². The van der Waals surface area contributed by atoms with Crippen LogP contribution in [0.3, 0.4) is 0 Å². The molecule has 82 valence electrons. The molecule has 1 N–H and O–H groups in total. The van der Waals surface area contributed by atoms with Crippen molar-refractivity contribution in [3.8, 4) is 0 Å². The molecule has 0 aliphatic carbocycles. The maximum absolute atomic E-state index is 3.44. The van der Waals surface area contributed by atoms with Gasteiger partial charge in [0.25, 0.3) is 0 Å². The third-order valence-corrected chi connectivity index (χ3v) is 2.87. The molecule has 1 nitrogen and oxygen atoms in total. The SMILES string of the molecule is CC.Cc1[nH]c2c(C)ccc(C)c2c1C. The second-order valence-corrected chi connectivity index (χ2v) is 3.82. The van der Waals surface area contributed by atoms with Crippen molar-refractivity contribution in [1.29, 1.82) is 0 Å². The van der Waals surface area contributed by atoms with E-state index in [0.29, 0.717) is 0 Å². The lowest BCUT2D eigenvalue weighted by Crippen LogP contribution is -1.80. The Hall–Kier alpha value is -1.24. The van der Waals surface area contributed by atoms with Crippen molar-refractivity contribution >= 4 is 10.9 Å². The van der Waals surface area contributed by atoms with Crippen LogP contribution >= 0.6 is 0 Å². The van der Waals surface area contributed by atoms with Crippen LogP contribution < -0.4 is 0 Å². The second kappa shape index (κ2) is 4.52. The fourth-order valence-corrected chi connectivity index (χ4v) is 1.92. The Morgan fingerprint density at radius 1 is 0.867 bits per heavy atom. The summed E-state index contributed by atoms with van der Waals surface area (Å²) in [5, 5.41) is 1.40. The van der Waals surface area contributed by atoms with Gasteiger partial charge in [-0.25, -0.2) is 0 Å². The molecule has 1 aromatic carbocycles. The van der Waals surface area contributed by atoms with Crippen LogP contribution in [0.1, 0.15) is 36.2 Å². The molecular formula is C14H21N. The minimum Gasteiger partial charge on any atom is -0.358 e. The van der Waals surface area contributed by atoms with Gasteiger partial charge in [-0.3, -0.25) is 0 Å². The van der Waals surface area contributed by atoms with E-state index >= 15 is 0 Å². The van der Waals surface area contributed by atoms with Crippen LogP contribution in [-0.4, -0.2) is 4.98 Å². The highest BCUT2D eigenvalue weighted by Crippen LogP contribution is 2.26. The van der Waals surface area contributed by atoms with Crippen LogP contribution in [0.25, 0.3) is 10.9 Å². The van der Waals surface area contributed by atoms with Gasteiger partial charge < -0.3 is 4.98 Å². The number of hydrogen-bond donors (Lipinski definition) is 1. The number of nitrogens with one attached hydrogen (secondary N) is 1. The molecule has 1 heteroatoms. The van der Waals surface area contributed by atoms with Crippen molar-refractivity contribution in [1.82, 2.24) is 4.98 Å². The molecule has 0 spiro atoms. The van der Waals surface area contributed by atoms with Crippen LogP contribution in [-0.2, 0) is 0 Å². The molecule has 0 aliphatic heterocycles. The molecule has 0 fully saturated rings. The first-order chi connectivity index (χ1) is 7.11. The van der Waals surface area contributed by atoms with Gasteiger partial charge in [-0.2, -0.15) is 0 Å². The quantitative estimate of drug-likeness (QED) is 0.652. The Bertz CT molecular complexity index is 464. The first-order valence-electron chi connectivity index (χ1n) is 5.66. The molecule has 0 aliphatic rings. The maximum Gasteiger partial charge on any atom is 0.0491 e. The van der Waals surface area contributed by atoms with E-state index in [1.54, 1.807) is 0 Å². The average Bonchev–Trinajstić information content (AvgIpc) is 2.54. The minimum atomic E-state index is 1.28. The monoisotopic (exact) mass is 203 g/mol. The summed E-state index contributed by atoms with van der Waals surface area (Å²) in [7, 11) is 0. The van der Waals surface area contributed by atoms with Crippen molar-refractivity contribution < 1.29 is 0 Å². The van der Waals surface area contributed by atoms with Crippen LogP contribution in [0.2, 0.25) is 0 Å². The van der Waals surface area contributed by atoms with E-state index in [2.05, 4.69) is 44.8 Å². The van der Waals surface area contributed by atoms with Gasteiger partial charge in [-0.1, -0.05) is 26.0 Å². The van der Waals surface area contributed by atoms with Gasteiger partial charge in [0, 0.05) is 16.6 Å². The molecule has 0 radical (unpaired) electrons. The third-order valence-electron chi connectivity index (χ3n) is 2.87. The lowest BCUT2D eigenvalue weighted by Gasteiger charge is -2.00. The molecule has 2 aromatic rings. The summed E-state index contributed by atoms with van der Waals surface area (Å²) in [6.45, 7) is 12.6. The standard InChI is InChI=1S/C12H15N.C2H6/c1-7-5-6-8(2)12-11(7)9(3)10(4)13-12;1-2/h5-6,13H,1-4H3;1-2H3. The highest BCUT2D eigenvalue weighted by molar-refractivity contribution is 5.89. The highest BCUT2D eigenvalue weighted by atomic mass is 14.7. The maximum atomic E-state index is 3.44. The van der Waals surface area contributed by atoms with Crippen molar-refractivity contribution in [2.45, 2.75) is 41.5 Å². The highest BCUT2D eigenvalue weighted by Gasteiger charge is 2.07. The molecule has 2 rings (SSSR count). The number of benzene rings is 1. The number of fused-ring (bicyclic) bond motifs is 1. The summed E-state index contributed by atoms with van der Waals surface area (Å²) in [6, 6.07) is 4.37. The van der Waals surface area contributed by atoms with Crippen molar-refractivity contribution in [3.63, 3.8) is 0 Å². The number of rotatable bonds is 0. The number of H-pyrrole nitrogens is 1. The van der Waals surface area contributed by atoms with Gasteiger partial charge in [-0.05, 0) is 44.4 Å². The number of hydrogen-bond acceptors (Lipinski definition) is 0. The largest absolute Gasteiger partial charge is 0.358 e. The molecule has 1 heterocycles. The zero-order valence-electron chi connectivity index (χ0n) is 10.7. The predicted molar refractivity (Wildman–Crippen MR) is 68.6 cm³/mol. The minimum absolute atomic E-state index is 1.28. The summed E-state index contributed by atoms with van der Waals surface area (Å²) in [6.07, 6.45) is 0. The first kappa shape index (κ1) is 11.8. The zero-order chi connectivity index (χ0) is 11.6.